The maximum Gasteiger partial charge on any atom is 0.0897 e. The van der Waals surface area contributed by atoms with E-state index in [4.69, 9.17) is 4.74 Å². The van der Waals surface area contributed by atoms with E-state index in [1.807, 2.05) is 0 Å². The minimum absolute atomic E-state index is 0.353. The van der Waals surface area contributed by atoms with E-state index in [-0.39, 0.29) is 6.10 Å². The van der Waals surface area contributed by atoms with Crippen molar-refractivity contribution in [2.75, 3.05) is 13.2 Å². The van der Waals surface area contributed by atoms with Crippen LogP contribution in [0.2, 0.25) is 0 Å². The number of aliphatic hydroxyl groups excluding tert-OH is 1. The number of hydrogen-bond acceptors (Lipinski definition) is 3. The molecule has 0 saturated heterocycles. The Hall–Kier alpha value is -0.120. The van der Waals surface area contributed by atoms with Crippen LogP contribution in [0.25, 0.3) is 0 Å². The second-order valence-corrected chi connectivity index (χ2v) is 6.51. The number of rotatable bonds is 7. The number of ether oxygens (including phenoxy) is 1. The predicted molar refractivity (Wildman–Crippen MR) is 78.2 cm³/mol. The topological polar surface area (TPSA) is 41.5 Å². The number of hydrogen-bond donors (Lipinski definition) is 2. The Morgan fingerprint density at radius 2 is 1.95 bits per heavy atom. The molecule has 4 atom stereocenters. The lowest BCUT2D eigenvalue weighted by Gasteiger charge is -2.23. The lowest BCUT2D eigenvalue weighted by molar-refractivity contribution is -0.00661. The fourth-order valence-corrected chi connectivity index (χ4v) is 3.76. The van der Waals surface area contributed by atoms with Gasteiger partial charge >= 0.3 is 0 Å². The van der Waals surface area contributed by atoms with Crippen LogP contribution in [-0.2, 0) is 4.74 Å². The van der Waals surface area contributed by atoms with E-state index in [2.05, 4.69) is 19.2 Å². The summed E-state index contributed by atoms with van der Waals surface area (Å²) in [6, 6.07) is 0.589. The SMILES string of the molecule is CCC1CCC(NCC(O)COC2CCCC2)C1C. The lowest BCUT2D eigenvalue weighted by Crippen LogP contribution is -2.39. The normalized spacial score (nSPS) is 33.9. The standard InChI is InChI=1S/C16H31NO2/c1-3-13-8-9-16(12(13)2)17-10-14(18)11-19-15-6-4-5-7-15/h12-18H,3-11H2,1-2H3. The molecule has 2 saturated carbocycles. The second-order valence-electron chi connectivity index (χ2n) is 6.51. The molecule has 2 aliphatic rings. The molecule has 0 aromatic rings. The molecule has 2 fully saturated rings. The van der Waals surface area contributed by atoms with E-state index in [0.29, 0.717) is 25.3 Å². The maximum atomic E-state index is 9.99. The van der Waals surface area contributed by atoms with Crippen LogP contribution >= 0.6 is 0 Å². The molecule has 112 valence electrons. The van der Waals surface area contributed by atoms with E-state index in [1.54, 1.807) is 0 Å². The molecule has 0 spiro atoms. The summed E-state index contributed by atoms with van der Waals surface area (Å²) in [7, 11) is 0. The van der Waals surface area contributed by atoms with E-state index in [9.17, 15) is 5.11 Å². The van der Waals surface area contributed by atoms with Crippen molar-refractivity contribution >= 4 is 0 Å². The van der Waals surface area contributed by atoms with Gasteiger partial charge in [-0.15, -0.1) is 0 Å². The van der Waals surface area contributed by atoms with Crippen molar-refractivity contribution in [3.8, 4) is 0 Å². The van der Waals surface area contributed by atoms with Crippen molar-refractivity contribution in [3.05, 3.63) is 0 Å². The number of aliphatic hydroxyl groups is 1. The molecular formula is C16H31NO2. The van der Waals surface area contributed by atoms with Gasteiger partial charge in [-0.3, -0.25) is 0 Å². The summed E-state index contributed by atoms with van der Waals surface area (Å²) in [5.74, 6) is 1.61. The van der Waals surface area contributed by atoms with Crippen LogP contribution in [0.5, 0.6) is 0 Å². The van der Waals surface area contributed by atoms with Gasteiger partial charge in [0.15, 0.2) is 0 Å². The zero-order chi connectivity index (χ0) is 13.7. The first-order valence-corrected chi connectivity index (χ1v) is 8.23. The first kappa shape index (κ1) is 15.3. The predicted octanol–water partition coefficient (Wildman–Crippen LogP) is 2.72. The molecule has 2 rings (SSSR count). The summed E-state index contributed by atoms with van der Waals surface area (Å²) in [5, 5.41) is 13.5. The monoisotopic (exact) mass is 269 g/mol. The summed E-state index contributed by atoms with van der Waals surface area (Å²) in [6.45, 7) is 5.81. The van der Waals surface area contributed by atoms with Gasteiger partial charge < -0.3 is 15.2 Å². The minimum atomic E-state index is -0.353. The highest BCUT2D eigenvalue weighted by molar-refractivity contribution is 4.86. The van der Waals surface area contributed by atoms with Crippen molar-refractivity contribution in [1.82, 2.24) is 5.32 Å². The zero-order valence-electron chi connectivity index (χ0n) is 12.6. The van der Waals surface area contributed by atoms with Crippen molar-refractivity contribution in [3.63, 3.8) is 0 Å². The highest BCUT2D eigenvalue weighted by atomic mass is 16.5. The summed E-state index contributed by atoms with van der Waals surface area (Å²) in [4.78, 5) is 0. The summed E-state index contributed by atoms with van der Waals surface area (Å²) < 4.78 is 5.76. The molecule has 0 bridgehead atoms. The molecule has 3 nitrogen and oxygen atoms in total. The van der Waals surface area contributed by atoms with Crippen molar-refractivity contribution in [2.24, 2.45) is 11.8 Å². The molecule has 2 aliphatic carbocycles. The van der Waals surface area contributed by atoms with Crippen molar-refractivity contribution in [2.45, 2.75) is 77.0 Å². The van der Waals surface area contributed by atoms with Gasteiger partial charge in [-0.05, 0) is 37.5 Å². The summed E-state index contributed by atoms with van der Waals surface area (Å²) in [5.41, 5.74) is 0. The Balaban J connectivity index is 1.59. The van der Waals surface area contributed by atoms with Gasteiger partial charge in [0.2, 0.25) is 0 Å². The molecule has 19 heavy (non-hydrogen) atoms. The average molecular weight is 269 g/mol. The highest BCUT2D eigenvalue weighted by Gasteiger charge is 2.31. The molecule has 0 aromatic heterocycles. The zero-order valence-corrected chi connectivity index (χ0v) is 12.6. The Bertz CT molecular complexity index is 253. The molecule has 0 amide bonds. The fourth-order valence-electron chi connectivity index (χ4n) is 3.76. The molecular weight excluding hydrogens is 238 g/mol. The fraction of sp³-hybridized carbons (Fsp3) is 1.00. The maximum absolute atomic E-state index is 9.99. The molecule has 0 heterocycles. The van der Waals surface area contributed by atoms with Crippen LogP contribution in [0.1, 0.15) is 58.8 Å². The second kappa shape index (κ2) is 7.61. The van der Waals surface area contributed by atoms with E-state index in [0.717, 1.165) is 11.8 Å². The van der Waals surface area contributed by atoms with E-state index < -0.39 is 0 Å². The lowest BCUT2D eigenvalue weighted by atomic mass is 9.93. The minimum Gasteiger partial charge on any atom is -0.389 e. The molecule has 0 radical (unpaired) electrons. The van der Waals surface area contributed by atoms with Crippen LogP contribution in [-0.4, -0.2) is 36.5 Å². The van der Waals surface area contributed by atoms with Gasteiger partial charge in [-0.25, -0.2) is 0 Å². The van der Waals surface area contributed by atoms with E-state index >= 15 is 0 Å². The quantitative estimate of drug-likeness (QED) is 0.746. The third kappa shape index (κ3) is 4.44. The van der Waals surface area contributed by atoms with Gasteiger partial charge in [0, 0.05) is 12.6 Å². The highest BCUT2D eigenvalue weighted by Crippen LogP contribution is 2.33. The van der Waals surface area contributed by atoms with Gasteiger partial charge in [-0.1, -0.05) is 33.1 Å². The summed E-state index contributed by atoms with van der Waals surface area (Å²) in [6.07, 6.45) is 8.87. The van der Waals surface area contributed by atoms with Crippen molar-refractivity contribution < 1.29 is 9.84 Å². The van der Waals surface area contributed by atoms with Crippen LogP contribution in [0.4, 0.5) is 0 Å². The number of nitrogens with one attached hydrogen (secondary N) is 1. The van der Waals surface area contributed by atoms with E-state index in [1.165, 1.54) is 44.9 Å². The largest absolute Gasteiger partial charge is 0.389 e. The Morgan fingerprint density at radius 1 is 1.21 bits per heavy atom. The van der Waals surface area contributed by atoms with Crippen LogP contribution in [0, 0.1) is 11.8 Å². The molecule has 4 unspecified atom stereocenters. The first-order chi connectivity index (χ1) is 9.20. The molecule has 3 heteroatoms. The third-order valence-electron chi connectivity index (χ3n) is 5.19. The first-order valence-electron chi connectivity index (χ1n) is 8.23. The van der Waals surface area contributed by atoms with Crippen LogP contribution < -0.4 is 5.32 Å². The Morgan fingerprint density at radius 3 is 2.58 bits per heavy atom. The van der Waals surface area contributed by atoms with Gasteiger partial charge in [0.1, 0.15) is 0 Å². The Labute approximate surface area is 118 Å². The van der Waals surface area contributed by atoms with Crippen LogP contribution in [0.3, 0.4) is 0 Å². The van der Waals surface area contributed by atoms with Gasteiger partial charge in [0.25, 0.3) is 0 Å². The third-order valence-corrected chi connectivity index (χ3v) is 5.19. The van der Waals surface area contributed by atoms with Crippen molar-refractivity contribution in [1.29, 1.82) is 0 Å². The summed E-state index contributed by atoms with van der Waals surface area (Å²) >= 11 is 0. The molecule has 0 aromatic carbocycles. The smallest absolute Gasteiger partial charge is 0.0897 e. The van der Waals surface area contributed by atoms with Gasteiger partial charge in [-0.2, -0.15) is 0 Å². The van der Waals surface area contributed by atoms with Gasteiger partial charge in [0.05, 0.1) is 18.8 Å². The molecule has 2 N–H and O–H groups in total. The molecule has 0 aliphatic heterocycles. The average Bonchev–Trinajstić information content (AvgIpc) is 3.04. The Kier molecular flexibility index (Phi) is 6.11. The van der Waals surface area contributed by atoms with Crippen LogP contribution in [0.15, 0.2) is 0 Å².